The number of aryl methyl sites for hydroxylation is 2. The lowest BCUT2D eigenvalue weighted by Crippen LogP contribution is -2.12. The first kappa shape index (κ1) is 12.7. The van der Waals surface area contributed by atoms with E-state index in [9.17, 15) is 4.79 Å². The van der Waals surface area contributed by atoms with E-state index in [0.717, 1.165) is 5.56 Å². The minimum Gasteiger partial charge on any atom is -0.211 e. The van der Waals surface area contributed by atoms with E-state index >= 15 is 0 Å². The molecule has 2 nitrogen and oxygen atoms in total. The summed E-state index contributed by atoms with van der Waals surface area (Å²) in [5.41, 5.74) is 5.01. The van der Waals surface area contributed by atoms with Crippen molar-refractivity contribution in [1.29, 1.82) is 0 Å². The Morgan fingerprint density at radius 3 is 2.06 bits per heavy atom. The zero-order chi connectivity index (χ0) is 12.3. The number of isocyanates is 1. The maximum Gasteiger partial charge on any atom is 0.235 e. The lowest BCUT2D eigenvalue weighted by Gasteiger charge is -2.21. The van der Waals surface area contributed by atoms with Gasteiger partial charge in [-0.15, -0.1) is 0 Å². The third-order valence-corrected chi connectivity index (χ3v) is 2.86. The Morgan fingerprint density at radius 1 is 1.19 bits per heavy atom. The van der Waals surface area contributed by atoms with Gasteiger partial charge in [0.25, 0.3) is 0 Å². The van der Waals surface area contributed by atoms with E-state index in [1.807, 2.05) is 0 Å². The molecule has 0 saturated carbocycles. The van der Waals surface area contributed by atoms with Crippen molar-refractivity contribution < 1.29 is 4.79 Å². The third-order valence-electron chi connectivity index (χ3n) is 2.86. The van der Waals surface area contributed by atoms with Crippen LogP contribution in [0.15, 0.2) is 17.1 Å². The number of benzene rings is 1. The zero-order valence-corrected chi connectivity index (χ0v) is 10.7. The van der Waals surface area contributed by atoms with Gasteiger partial charge in [0.05, 0.1) is 6.54 Å². The molecular formula is C14H19NO. The van der Waals surface area contributed by atoms with E-state index in [-0.39, 0.29) is 5.41 Å². The highest BCUT2D eigenvalue weighted by Crippen LogP contribution is 2.27. The molecule has 1 rings (SSSR count). The molecular weight excluding hydrogens is 198 g/mol. The van der Waals surface area contributed by atoms with Crippen molar-refractivity contribution >= 4 is 6.08 Å². The van der Waals surface area contributed by atoms with E-state index in [4.69, 9.17) is 0 Å². The molecule has 0 unspecified atom stereocenters. The lowest BCUT2D eigenvalue weighted by atomic mass is 9.84. The second-order valence-electron chi connectivity index (χ2n) is 5.25. The minimum absolute atomic E-state index is 0.155. The van der Waals surface area contributed by atoms with Gasteiger partial charge < -0.3 is 0 Å². The maximum absolute atomic E-state index is 10.1. The van der Waals surface area contributed by atoms with E-state index in [1.54, 1.807) is 6.08 Å². The highest BCUT2D eigenvalue weighted by molar-refractivity contribution is 5.42. The summed E-state index contributed by atoms with van der Waals surface area (Å²) in [5, 5.41) is 0. The topological polar surface area (TPSA) is 29.4 Å². The maximum atomic E-state index is 10.1. The second kappa shape index (κ2) is 4.63. The molecule has 0 aliphatic heterocycles. The summed E-state index contributed by atoms with van der Waals surface area (Å²) in [6.45, 7) is 11.2. The molecule has 86 valence electrons. The molecule has 0 saturated heterocycles. The van der Waals surface area contributed by atoms with Crippen LogP contribution in [0, 0.1) is 13.8 Å². The molecule has 0 N–H and O–H groups in total. The molecule has 0 spiro atoms. The summed E-state index contributed by atoms with van der Waals surface area (Å²) in [5.74, 6) is 0. The molecule has 0 heterocycles. The summed E-state index contributed by atoms with van der Waals surface area (Å²) in [6, 6.07) is 4.37. The van der Waals surface area contributed by atoms with Crippen LogP contribution in [0.2, 0.25) is 0 Å². The van der Waals surface area contributed by atoms with Crippen molar-refractivity contribution in [2.45, 2.75) is 46.6 Å². The smallest absolute Gasteiger partial charge is 0.211 e. The fourth-order valence-corrected chi connectivity index (χ4v) is 1.79. The van der Waals surface area contributed by atoms with Gasteiger partial charge in [0, 0.05) is 0 Å². The van der Waals surface area contributed by atoms with Crippen LogP contribution in [0.4, 0.5) is 0 Å². The monoisotopic (exact) mass is 217 g/mol. The van der Waals surface area contributed by atoms with Crippen LogP contribution in [-0.4, -0.2) is 6.08 Å². The summed E-state index contributed by atoms with van der Waals surface area (Å²) in [7, 11) is 0. The van der Waals surface area contributed by atoms with Gasteiger partial charge in [0.1, 0.15) is 0 Å². The first-order valence-corrected chi connectivity index (χ1v) is 5.50. The van der Waals surface area contributed by atoms with Crippen LogP contribution in [0.1, 0.15) is 43.0 Å². The number of aliphatic imine (C=N–C) groups is 1. The summed E-state index contributed by atoms with van der Waals surface area (Å²) >= 11 is 0. The number of hydrogen-bond donors (Lipinski definition) is 0. The van der Waals surface area contributed by atoms with Gasteiger partial charge in [0.15, 0.2) is 0 Å². The fourth-order valence-electron chi connectivity index (χ4n) is 1.79. The average Bonchev–Trinajstić information content (AvgIpc) is 2.15. The molecule has 0 aliphatic carbocycles. The third kappa shape index (κ3) is 2.80. The Kier molecular flexibility index (Phi) is 3.66. The van der Waals surface area contributed by atoms with Gasteiger partial charge in [-0.1, -0.05) is 32.9 Å². The number of nitrogens with zero attached hydrogens (tertiary/aromatic N) is 1. The molecule has 0 fully saturated rings. The van der Waals surface area contributed by atoms with Gasteiger partial charge in [0.2, 0.25) is 6.08 Å². The molecule has 16 heavy (non-hydrogen) atoms. The molecule has 0 aliphatic rings. The van der Waals surface area contributed by atoms with Crippen molar-refractivity contribution in [3.05, 3.63) is 34.4 Å². The molecule has 1 aromatic carbocycles. The predicted octanol–water partition coefficient (Wildman–Crippen LogP) is 3.44. The van der Waals surface area contributed by atoms with Crippen LogP contribution >= 0.6 is 0 Å². The van der Waals surface area contributed by atoms with Crippen LogP contribution in [-0.2, 0) is 16.8 Å². The van der Waals surface area contributed by atoms with Gasteiger partial charge in [-0.2, -0.15) is 0 Å². The van der Waals surface area contributed by atoms with E-state index < -0.39 is 0 Å². The van der Waals surface area contributed by atoms with Crippen molar-refractivity contribution in [3.8, 4) is 0 Å². The van der Waals surface area contributed by atoms with Crippen LogP contribution < -0.4 is 0 Å². The largest absolute Gasteiger partial charge is 0.235 e. The normalized spacial score (nSPS) is 11.1. The highest BCUT2D eigenvalue weighted by Gasteiger charge is 2.15. The predicted molar refractivity (Wildman–Crippen MR) is 66.4 cm³/mol. The number of hydrogen-bond acceptors (Lipinski definition) is 2. The van der Waals surface area contributed by atoms with Crippen LogP contribution in [0.25, 0.3) is 0 Å². The summed E-state index contributed by atoms with van der Waals surface area (Å²) in [4.78, 5) is 13.8. The Bertz CT molecular complexity index is 412. The molecule has 0 radical (unpaired) electrons. The van der Waals surface area contributed by atoms with E-state index in [2.05, 4.69) is 51.7 Å². The van der Waals surface area contributed by atoms with Crippen molar-refractivity contribution in [2.24, 2.45) is 4.99 Å². The van der Waals surface area contributed by atoms with Crippen molar-refractivity contribution in [2.75, 3.05) is 0 Å². The Labute approximate surface area is 97.4 Å². The van der Waals surface area contributed by atoms with E-state index in [1.165, 1.54) is 16.7 Å². The van der Waals surface area contributed by atoms with Crippen LogP contribution in [0.5, 0.6) is 0 Å². The second-order valence-corrected chi connectivity index (χ2v) is 5.25. The van der Waals surface area contributed by atoms with Crippen molar-refractivity contribution in [3.63, 3.8) is 0 Å². The highest BCUT2D eigenvalue weighted by atomic mass is 16.1. The molecule has 0 bridgehead atoms. The van der Waals surface area contributed by atoms with E-state index in [0.29, 0.717) is 6.54 Å². The first-order chi connectivity index (χ1) is 7.36. The fraction of sp³-hybridized carbons (Fsp3) is 0.500. The van der Waals surface area contributed by atoms with Crippen molar-refractivity contribution in [1.82, 2.24) is 0 Å². The molecule has 2 heteroatoms. The molecule has 0 aromatic heterocycles. The standard InChI is InChI=1S/C14H19NO/c1-10-6-12(14(3,4)5)7-11(2)13(10)8-15-9-16/h6-7H,8H2,1-5H3. The minimum atomic E-state index is 0.155. The molecule has 0 amide bonds. The SMILES string of the molecule is Cc1cc(C(C)(C)C)cc(C)c1CN=C=O. The first-order valence-electron chi connectivity index (χ1n) is 5.50. The molecule has 0 atom stereocenters. The van der Waals surface area contributed by atoms with Gasteiger partial charge in [-0.25, -0.2) is 9.79 Å². The summed E-state index contributed by atoms with van der Waals surface area (Å²) < 4.78 is 0. The summed E-state index contributed by atoms with van der Waals surface area (Å²) in [6.07, 6.45) is 1.59. The van der Waals surface area contributed by atoms with Crippen LogP contribution in [0.3, 0.4) is 0 Å². The number of rotatable bonds is 2. The lowest BCUT2D eigenvalue weighted by molar-refractivity contribution is 0.562. The number of carbonyl (C=O) groups excluding carboxylic acids is 1. The Hall–Kier alpha value is -1.40. The average molecular weight is 217 g/mol. The van der Waals surface area contributed by atoms with Gasteiger partial charge in [-0.3, -0.25) is 0 Å². The quantitative estimate of drug-likeness (QED) is 0.551. The molecule has 1 aromatic rings. The Balaban J connectivity index is 3.22. The van der Waals surface area contributed by atoms with Gasteiger partial charge in [-0.05, 0) is 41.5 Å². The van der Waals surface area contributed by atoms with Gasteiger partial charge >= 0.3 is 0 Å². The zero-order valence-electron chi connectivity index (χ0n) is 10.7. The Morgan fingerprint density at radius 2 is 1.69 bits per heavy atom.